The molecule has 1 unspecified atom stereocenters. The Balaban J connectivity index is 1.43. The second-order valence-electron chi connectivity index (χ2n) is 8.83. The van der Waals surface area contributed by atoms with Gasteiger partial charge in [-0.3, -0.25) is 4.79 Å². The lowest BCUT2D eigenvalue weighted by atomic mass is 9.99. The Morgan fingerprint density at radius 3 is 2.31 bits per heavy atom. The van der Waals surface area contributed by atoms with E-state index in [4.69, 9.17) is 9.47 Å². The number of carbonyl (C=O) groups excluding carboxylic acids is 2. The van der Waals surface area contributed by atoms with E-state index in [1.807, 2.05) is 48.5 Å². The minimum absolute atomic E-state index is 0.209. The fourth-order valence-electron chi connectivity index (χ4n) is 4.00. The first-order chi connectivity index (χ1) is 19.1. The fourth-order valence-corrected chi connectivity index (χ4v) is 4.79. The Labute approximate surface area is 232 Å². The number of nitrogens with one attached hydrogen (secondary N) is 2. The Morgan fingerprint density at radius 1 is 0.949 bits per heavy atom. The van der Waals surface area contributed by atoms with Gasteiger partial charge in [0.15, 0.2) is 0 Å². The van der Waals surface area contributed by atoms with Crippen LogP contribution in [-0.4, -0.2) is 49.2 Å². The number of anilines is 1. The zero-order valence-corrected chi connectivity index (χ0v) is 22.8. The first-order valence-corrected chi connectivity index (χ1v) is 13.5. The van der Waals surface area contributed by atoms with Gasteiger partial charge < -0.3 is 25.0 Å². The molecule has 2 N–H and O–H groups in total. The van der Waals surface area contributed by atoms with Crippen molar-refractivity contribution in [2.24, 2.45) is 0 Å². The van der Waals surface area contributed by atoms with Gasteiger partial charge in [0.25, 0.3) is 5.91 Å². The molecule has 3 amide bonds. The van der Waals surface area contributed by atoms with Gasteiger partial charge >= 0.3 is 6.03 Å². The van der Waals surface area contributed by atoms with E-state index in [9.17, 15) is 9.59 Å². The number of carbonyl (C=O) groups is 2. The van der Waals surface area contributed by atoms with Crippen molar-refractivity contribution in [3.63, 3.8) is 0 Å². The second kappa shape index (κ2) is 14.1. The van der Waals surface area contributed by atoms with E-state index in [1.165, 1.54) is 11.3 Å². The number of benzene rings is 3. The quantitative estimate of drug-likeness (QED) is 0.244. The van der Waals surface area contributed by atoms with Crippen LogP contribution in [0.1, 0.15) is 32.7 Å². The third-order valence-corrected chi connectivity index (χ3v) is 6.93. The van der Waals surface area contributed by atoms with E-state index >= 15 is 0 Å². The van der Waals surface area contributed by atoms with Crippen molar-refractivity contribution >= 4 is 29.0 Å². The zero-order valence-electron chi connectivity index (χ0n) is 22.0. The lowest BCUT2D eigenvalue weighted by Gasteiger charge is -2.22. The second-order valence-corrected chi connectivity index (χ2v) is 9.77. The number of ether oxygens (including phenoxy) is 2. The largest absolute Gasteiger partial charge is 0.497 e. The van der Waals surface area contributed by atoms with Gasteiger partial charge in [0.05, 0.1) is 26.3 Å². The Hall–Kier alpha value is -4.21. The minimum Gasteiger partial charge on any atom is -0.497 e. The van der Waals surface area contributed by atoms with E-state index < -0.39 is 0 Å². The Kier molecular flexibility index (Phi) is 10.0. The van der Waals surface area contributed by atoms with Crippen LogP contribution in [-0.2, 0) is 17.7 Å². The molecule has 1 heterocycles. The monoisotopic (exact) mass is 544 g/mol. The maximum atomic E-state index is 13.2. The maximum Gasteiger partial charge on any atom is 0.322 e. The summed E-state index contributed by atoms with van der Waals surface area (Å²) < 4.78 is 10.4. The number of aromatic nitrogens is 1. The molecule has 4 rings (SSSR count). The van der Waals surface area contributed by atoms with Gasteiger partial charge in [-0.05, 0) is 41.8 Å². The van der Waals surface area contributed by atoms with E-state index in [2.05, 4.69) is 27.8 Å². The normalized spacial score (nSPS) is 11.4. The summed E-state index contributed by atoms with van der Waals surface area (Å²) >= 11 is 1.34. The van der Waals surface area contributed by atoms with Crippen molar-refractivity contribution in [2.75, 3.05) is 32.7 Å². The SMILES string of the molecule is COCCN(Cc1nc(C(=O)NC(Cc2ccccc2)c2ccccc2)cs1)C(=O)Nc1ccc(OC)cc1. The number of hydrogen-bond acceptors (Lipinski definition) is 6. The Morgan fingerprint density at radius 2 is 1.64 bits per heavy atom. The van der Waals surface area contributed by atoms with Gasteiger partial charge in [-0.1, -0.05) is 60.7 Å². The predicted molar refractivity (Wildman–Crippen MR) is 153 cm³/mol. The summed E-state index contributed by atoms with van der Waals surface area (Å²) in [7, 11) is 3.18. The van der Waals surface area contributed by atoms with Crippen LogP contribution < -0.4 is 15.4 Å². The molecule has 1 atom stereocenters. The highest BCUT2D eigenvalue weighted by molar-refractivity contribution is 7.09. The molecule has 0 saturated carbocycles. The average molecular weight is 545 g/mol. The molecule has 3 aromatic carbocycles. The topological polar surface area (TPSA) is 92.8 Å². The van der Waals surface area contributed by atoms with Crippen LogP contribution in [0.3, 0.4) is 0 Å². The van der Waals surface area contributed by atoms with Crippen LogP contribution in [0.5, 0.6) is 5.75 Å². The molecular formula is C30H32N4O4S. The molecule has 9 heteroatoms. The highest BCUT2D eigenvalue weighted by Crippen LogP contribution is 2.21. The first-order valence-electron chi connectivity index (χ1n) is 12.6. The van der Waals surface area contributed by atoms with Crippen molar-refractivity contribution in [1.29, 1.82) is 0 Å². The van der Waals surface area contributed by atoms with Crippen LogP contribution in [0.25, 0.3) is 0 Å². The zero-order chi connectivity index (χ0) is 27.5. The number of urea groups is 1. The van der Waals surface area contributed by atoms with Gasteiger partial charge in [0.2, 0.25) is 0 Å². The molecule has 0 fully saturated rings. The molecule has 0 bridgehead atoms. The van der Waals surface area contributed by atoms with Crippen molar-refractivity contribution in [3.05, 3.63) is 112 Å². The summed E-state index contributed by atoms with van der Waals surface area (Å²) in [6, 6.07) is 26.6. The summed E-state index contributed by atoms with van der Waals surface area (Å²) in [5.41, 5.74) is 3.12. The molecule has 202 valence electrons. The van der Waals surface area contributed by atoms with Crippen LogP contribution in [0.15, 0.2) is 90.3 Å². The molecular weight excluding hydrogens is 512 g/mol. The number of methoxy groups -OCH3 is 2. The molecule has 0 saturated heterocycles. The van der Waals surface area contributed by atoms with Crippen LogP contribution in [0, 0.1) is 0 Å². The van der Waals surface area contributed by atoms with E-state index in [-0.39, 0.29) is 24.5 Å². The van der Waals surface area contributed by atoms with Gasteiger partial charge in [-0.15, -0.1) is 11.3 Å². The minimum atomic E-state index is -0.287. The highest BCUT2D eigenvalue weighted by atomic mass is 32.1. The van der Waals surface area contributed by atoms with Gasteiger partial charge in [0, 0.05) is 24.7 Å². The molecule has 0 aliphatic carbocycles. The van der Waals surface area contributed by atoms with Crippen molar-refractivity contribution in [2.45, 2.75) is 19.0 Å². The summed E-state index contributed by atoms with van der Waals surface area (Å²) in [5.74, 6) is 0.449. The number of hydrogen-bond donors (Lipinski definition) is 2. The number of thiazole rings is 1. The number of amides is 3. The number of nitrogens with zero attached hydrogens (tertiary/aromatic N) is 2. The third kappa shape index (κ3) is 8.13. The van der Waals surface area contributed by atoms with Crippen LogP contribution >= 0.6 is 11.3 Å². The smallest absolute Gasteiger partial charge is 0.322 e. The summed E-state index contributed by atoms with van der Waals surface area (Å²) in [4.78, 5) is 32.4. The lowest BCUT2D eigenvalue weighted by molar-refractivity contribution is 0.0932. The van der Waals surface area contributed by atoms with Crippen molar-refractivity contribution < 1.29 is 19.1 Å². The fraction of sp³-hybridized carbons (Fsp3) is 0.233. The molecule has 0 radical (unpaired) electrons. The summed E-state index contributed by atoms with van der Waals surface area (Å²) in [6.45, 7) is 0.981. The summed E-state index contributed by atoms with van der Waals surface area (Å²) in [6.07, 6.45) is 0.657. The van der Waals surface area contributed by atoms with E-state index in [0.717, 1.165) is 11.1 Å². The third-order valence-electron chi connectivity index (χ3n) is 6.09. The molecule has 0 aliphatic rings. The summed E-state index contributed by atoms with van der Waals surface area (Å²) in [5, 5.41) is 8.42. The first kappa shape index (κ1) is 27.8. The van der Waals surface area contributed by atoms with Crippen LogP contribution in [0.2, 0.25) is 0 Å². The molecule has 1 aromatic heterocycles. The standard InChI is InChI=1S/C30H32N4O4S/c1-37-18-17-34(30(36)31-24-13-15-25(38-2)16-14-24)20-28-32-27(21-39-28)29(35)33-26(23-11-7-4-8-12-23)19-22-9-5-3-6-10-22/h3-16,21,26H,17-20H2,1-2H3,(H,31,36)(H,33,35). The van der Waals surface area contributed by atoms with Gasteiger partial charge in [0.1, 0.15) is 16.5 Å². The van der Waals surface area contributed by atoms with Gasteiger partial charge in [-0.2, -0.15) is 0 Å². The lowest BCUT2D eigenvalue weighted by Crippen LogP contribution is -2.37. The predicted octanol–water partition coefficient (Wildman–Crippen LogP) is 5.55. The Bertz CT molecular complexity index is 1330. The van der Waals surface area contributed by atoms with Crippen LogP contribution in [0.4, 0.5) is 10.5 Å². The van der Waals surface area contributed by atoms with E-state index in [0.29, 0.717) is 41.7 Å². The molecule has 0 spiro atoms. The molecule has 0 aliphatic heterocycles. The van der Waals surface area contributed by atoms with E-state index in [1.54, 1.807) is 48.8 Å². The molecule has 4 aromatic rings. The maximum absolute atomic E-state index is 13.2. The highest BCUT2D eigenvalue weighted by Gasteiger charge is 2.21. The average Bonchev–Trinajstić information content (AvgIpc) is 3.45. The molecule has 8 nitrogen and oxygen atoms in total. The van der Waals surface area contributed by atoms with Crippen molar-refractivity contribution in [3.8, 4) is 5.75 Å². The van der Waals surface area contributed by atoms with Crippen molar-refractivity contribution in [1.82, 2.24) is 15.2 Å². The van der Waals surface area contributed by atoms with Gasteiger partial charge in [-0.25, -0.2) is 9.78 Å². The molecule has 39 heavy (non-hydrogen) atoms. The number of rotatable bonds is 12.